The average Bonchev–Trinajstić information content (AvgIpc) is 2.89. The van der Waals surface area contributed by atoms with Gasteiger partial charge in [0, 0.05) is 36.9 Å². The van der Waals surface area contributed by atoms with Crippen LogP contribution in [0.4, 0.5) is 17.6 Å². The fourth-order valence-corrected chi connectivity index (χ4v) is 4.87. The van der Waals surface area contributed by atoms with Crippen molar-refractivity contribution < 1.29 is 0 Å². The van der Waals surface area contributed by atoms with Gasteiger partial charge < -0.3 is 11.1 Å². The van der Waals surface area contributed by atoms with E-state index >= 15 is 0 Å². The highest BCUT2D eigenvalue weighted by molar-refractivity contribution is 6.31. The van der Waals surface area contributed by atoms with Crippen molar-refractivity contribution in [2.24, 2.45) is 0 Å². The van der Waals surface area contributed by atoms with Crippen molar-refractivity contribution in [1.82, 2.24) is 24.8 Å². The number of rotatable bonds is 7. The quantitative estimate of drug-likeness (QED) is 0.367. The molecule has 0 unspecified atom stereocenters. The second kappa shape index (κ2) is 11.0. The third-order valence-corrected chi connectivity index (χ3v) is 6.99. The highest BCUT2D eigenvalue weighted by Crippen LogP contribution is 2.30. The summed E-state index contributed by atoms with van der Waals surface area (Å²) in [6, 6.07) is 27.4. The minimum atomic E-state index is 0.203. The van der Waals surface area contributed by atoms with Gasteiger partial charge in [0.1, 0.15) is 5.82 Å². The lowest BCUT2D eigenvalue weighted by molar-refractivity contribution is 0.103. The normalized spacial score (nSPS) is 14.8. The summed E-state index contributed by atoms with van der Waals surface area (Å²) in [7, 11) is 0. The number of benzene rings is 3. The highest BCUT2D eigenvalue weighted by atomic mass is 35.5. The van der Waals surface area contributed by atoms with Crippen LogP contribution in [0, 0.1) is 6.92 Å². The van der Waals surface area contributed by atoms with Gasteiger partial charge in [-0.25, -0.2) is 0 Å². The topological polar surface area (TPSA) is 83.2 Å². The molecular formula is C28H30ClN7. The molecule has 0 radical (unpaired) electrons. The van der Waals surface area contributed by atoms with Crippen LogP contribution in [0.3, 0.4) is 0 Å². The molecule has 3 aromatic carbocycles. The largest absolute Gasteiger partial charge is 0.368 e. The standard InChI is InChI=1S/C28H30ClN7/c1-20-23(29)13-8-14-24(20)31-28-33-25(32-27(30)34-28)19-35-15-17-36(18-16-35)26(21-9-4-2-5-10-21)22-11-6-3-7-12-22/h2-14,26H,15-19H2,1H3,(H3,30,31,32,33,34). The minimum absolute atomic E-state index is 0.203. The van der Waals surface area contributed by atoms with Gasteiger partial charge in [-0.2, -0.15) is 15.0 Å². The van der Waals surface area contributed by atoms with Gasteiger partial charge in [-0.1, -0.05) is 78.3 Å². The molecule has 1 aromatic heterocycles. The van der Waals surface area contributed by atoms with Crippen LogP contribution in [0.5, 0.6) is 0 Å². The zero-order valence-electron chi connectivity index (χ0n) is 20.3. The summed E-state index contributed by atoms with van der Waals surface area (Å²) in [5.41, 5.74) is 10.4. The van der Waals surface area contributed by atoms with Crippen LogP contribution in [0.25, 0.3) is 0 Å². The third kappa shape index (κ3) is 5.65. The van der Waals surface area contributed by atoms with Crippen molar-refractivity contribution in [3.05, 3.63) is 106 Å². The van der Waals surface area contributed by atoms with Crippen molar-refractivity contribution in [3.8, 4) is 0 Å². The molecule has 4 aromatic rings. The van der Waals surface area contributed by atoms with Crippen LogP contribution < -0.4 is 11.1 Å². The van der Waals surface area contributed by atoms with Gasteiger partial charge in [-0.3, -0.25) is 9.80 Å². The molecule has 1 fully saturated rings. The van der Waals surface area contributed by atoms with Crippen LogP contribution >= 0.6 is 11.6 Å². The number of piperazine rings is 1. The van der Waals surface area contributed by atoms with Crippen LogP contribution in [-0.4, -0.2) is 50.9 Å². The van der Waals surface area contributed by atoms with E-state index in [1.54, 1.807) is 0 Å². The first-order valence-corrected chi connectivity index (χ1v) is 12.5. The molecule has 8 heteroatoms. The maximum Gasteiger partial charge on any atom is 0.232 e. The number of nitrogen functional groups attached to an aromatic ring is 1. The number of nitrogens with two attached hydrogens (primary N) is 1. The Bertz CT molecular complexity index is 1250. The molecule has 0 amide bonds. The summed E-state index contributed by atoms with van der Waals surface area (Å²) < 4.78 is 0. The predicted octanol–water partition coefficient (Wildman–Crippen LogP) is 5.07. The summed E-state index contributed by atoms with van der Waals surface area (Å²) in [6.45, 7) is 6.29. The first kappa shape index (κ1) is 24.2. The molecule has 36 heavy (non-hydrogen) atoms. The van der Waals surface area contributed by atoms with Gasteiger partial charge in [0.2, 0.25) is 11.9 Å². The SMILES string of the molecule is Cc1c(Cl)cccc1Nc1nc(N)nc(CN2CCN(C(c3ccccc3)c3ccccc3)CC2)n1. The van der Waals surface area contributed by atoms with E-state index in [-0.39, 0.29) is 12.0 Å². The molecule has 1 aliphatic heterocycles. The Kier molecular flexibility index (Phi) is 7.41. The van der Waals surface area contributed by atoms with Gasteiger partial charge in [0.15, 0.2) is 0 Å². The summed E-state index contributed by atoms with van der Waals surface area (Å²) in [6.07, 6.45) is 0. The summed E-state index contributed by atoms with van der Waals surface area (Å²) in [5.74, 6) is 1.28. The number of halogens is 1. The first-order valence-electron chi connectivity index (χ1n) is 12.2. The van der Waals surface area contributed by atoms with Crippen LogP contribution in [0.15, 0.2) is 78.9 Å². The Morgan fingerprint density at radius 3 is 2.11 bits per heavy atom. The predicted molar refractivity (Wildman–Crippen MR) is 145 cm³/mol. The molecule has 0 saturated carbocycles. The van der Waals surface area contributed by atoms with E-state index in [4.69, 9.17) is 17.3 Å². The Hall–Kier alpha value is -3.52. The van der Waals surface area contributed by atoms with Crippen LogP contribution in [0.1, 0.15) is 28.6 Å². The third-order valence-electron chi connectivity index (χ3n) is 6.58. The maximum absolute atomic E-state index is 6.26. The fraction of sp³-hybridized carbons (Fsp3) is 0.250. The molecule has 1 aliphatic rings. The van der Waals surface area contributed by atoms with E-state index in [2.05, 4.69) is 90.7 Å². The van der Waals surface area contributed by atoms with Crippen LogP contribution in [-0.2, 0) is 6.54 Å². The molecular weight excluding hydrogens is 470 g/mol. The zero-order chi connectivity index (χ0) is 24.9. The molecule has 1 saturated heterocycles. The van der Waals surface area contributed by atoms with E-state index in [0.29, 0.717) is 23.3 Å². The van der Waals surface area contributed by atoms with Crippen molar-refractivity contribution in [2.45, 2.75) is 19.5 Å². The molecule has 3 N–H and O–H groups in total. The zero-order valence-corrected chi connectivity index (χ0v) is 21.1. The number of aromatic nitrogens is 3. The summed E-state index contributed by atoms with van der Waals surface area (Å²) >= 11 is 6.26. The van der Waals surface area contributed by atoms with E-state index in [9.17, 15) is 0 Å². The maximum atomic E-state index is 6.26. The second-order valence-corrected chi connectivity index (χ2v) is 9.41. The lowest BCUT2D eigenvalue weighted by Gasteiger charge is -2.39. The lowest BCUT2D eigenvalue weighted by atomic mass is 9.96. The highest BCUT2D eigenvalue weighted by Gasteiger charge is 2.26. The van der Waals surface area contributed by atoms with E-state index in [1.165, 1.54) is 11.1 Å². The first-order chi connectivity index (χ1) is 17.6. The van der Waals surface area contributed by atoms with Gasteiger partial charge in [-0.15, -0.1) is 0 Å². The van der Waals surface area contributed by atoms with Crippen molar-refractivity contribution >= 4 is 29.2 Å². The van der Waals surface area contributed by atoms with E-state index in [1.807, 2.05) is 25.1 Å². The number of anilines is 3. The monoisotopic (exact) mass is 499 g/mol. The number of hydrogen-bond donors (Lipinski definition) is 2. The van der Waals surface area contributed by atoms with Crippen molar-refractivity contribution in [3.63, 3.8) is 0 Å². The molecule has 0 bridgehead atoms. The van der Waals surface area contributed by atoms with E-state index < -0.39 is 0 Å². The van der Waals surface area contributed by atoms with Crippen molar-refractivity contribution in [2.75, 3.05) is 37.2 Å². The fourth-order valence-electron chi connectivity index (χ4n) is 4.69. The molecule has 0 atom stereocenters. The van der Waals surface area contributed by atoms with Gasteiger partial charge in [-0.05, 0) is 35.7 Å². The molecule has 5 rings (SSSR count). The number of hydrogen-bond acceptors (Lipinski definition) is 7. The van der Waals surface area contributed by atoms with Gasteiger partial charge in [0.25, 0.3) is 0 Å². The van der Waals surface area contributed by atoms with E-state index in [0.717, 1.165) is 37.4 Å². The lowest BCUT2D eigenvalue weighted by Crippen LogP contribution is -2.47. The van der Waals surface area contributed by atoms with Gasteiger partial charge >= 0.3 is 0 Å². The number of nitrogens with one attached hydrogen (secondary N) is 1. The second-order valence-electron chi connectivity index (χ2n) is 9.01. The minimum Gasteiger partial charge on any atom is -0.368 e. The smallest absolute Gasteiger partial charge is 0.232 e. The Balaban J connectivity index is 1.27. The molecule has 7 nitrogen and oxygen atoms in total. The summed E-state index contributed by atoms with van der Waals surface area (Å²) in [4.78, 5) is 18.2. The molecule has 0 spiro atoms. The molecule has 2 heterocycles. The average molecular weight is 500 g/mol. The Labute approximate surface area is 217 Å². The molecule has 184 valence electrons. The van der Waals surface area contributed by atoms with Crippen molar-refractivity contribution in [1.29, 1.82) is 0 Å². The van der Waals surface area contributed by atoms with Gasteiger partial charge in [0.05, 0.1) is 12.6 Å². The Morgan fingerprint density at radius 2 is 1.47 bits per heavy atom. The Morgan fingerprint density at radius 1 is 0.833 bits per heavy atom. The van der Waals surface area contributed by atoms with Crippen LogP contribution in [0.2, 0.25) is 5.02 Å². The summed E-state index contributed by atoms with van der Waals surface area (Å²) in [5, 5.41) is 3.92. The molecule has 0 aliphatic carbocycles. The number of nitrogens with zero attached hydrogens (tertiary/aromatic N) is 5.